The summed E-state index contributed by atoms with van der Waals surface area (Å²) >= 11 is 0. The zero-order chi connectivity index (χ0) is 23.5. The highest BCUT2D eigenvalue weighted by Crippen LogP contribution is 2.29. The van der Waals surface area contributed by atoms with Crippen LogP contribution in [0.3, 0.4) is 0 Å². The first-order valence-corrected chi connectivity index (χ1v) is 11.6. The van der Waals surface area contributed by atoms with E-state index in [1.807, 2.05) is 30.6 Å². The lowest BCUT2D eigenvalue weighted by Crippen LogP contribution is -2.36. The molecular formula is C24H34N8O. The number of imidazole rings is 1. The molecule has 1 saturated carbocycles. The van der Waals surface area contributed by atoms with Gasteiger partial charge in [-0.15, -0.1) is 0 Å². The third-order valence-corrected chi connectivity index (χ3v) is 6.18. The van der Waals surface area contributed by atoms with Gasteiger partial charge in [0.15, 0.2) is 17.0 Å². The van der Waals surface area contributed by atoms with Crippen LogP contribution in [0.4, 0.5) is 23.1 Å². The summed E-state index contributed by atoms with van der Waals surface area (Å²) in [7, 11) is 4.31. The van der Waals surface area contributed by atoms with Crippen molar-refractivity contribution < 1.29 is 4.79 Å². The SMILES string of the molecule is CC(=O)Nc1cccc(Nc2nc(NC3CCC(N(C)C)CC3)nc3c2ncn3C(C)C)c1. The molecule has 0 unspecified atom stereocenters. The van der Waals surface area contributed by atoms with E-state index in [0.29, 0.717) is 23.8 Å². The van der Waals surface area contributed by atoms with E-state index in [4.69, 9.17) is 9.97 Å². The molecule has 0 radical (unpaired) electrons. The molecule has 33 heavy (non-hydrogen) atoms. The van der Waals surface area contributed by atoms with Crippen molar-refractivity contribution in [2.45, 2.75) is 64.6 Å². The Kier molecular flexibility index (Phi) is 6.78. The molecule has 1 fully saturated rings. The Labute approximate surface area is 195 Å². The van der Waals surface area contributed by atoms with Gasteiger partial charge in [-0.3, -0.25) is 4.79 Å². The second-order valence-electron chi connectivity index (χ2n) is 9.31. The summed E-state index contributed by atoms with van der Waals surface area (Å²) in [6.07, 6.45) is 6.33. The largest absolute Gasteiger partial charge is 0.351 e. The van der Waals surface area contributed by atoms with E-state index >= 15 is 0 Å². The lowest BCUT2D eigenvalue weighted by atomic mass is 9.91. The zero-order valence-electron chi connectivity index (χ0n) is 20.1. The molecule has 0 saturated heterocycles. The highest BCUT2D eigenvalue weighted by atomic mass is 16.1. The molecule has 1 aliphatic rings. The molecule has 2 heterocycles. The van der Waals surface area contributed by atoms with Gasteiger partial charge in [0.05, 0.1) is 6.33 Å². The lowest BCUT2D eigenvalue weighted by Gasteiger charge is -2.33. The maximum atomic E-state index is 11.4. The number of carbonyl (C=O) groups excluding carboxylic acids is 1. The summed E-state index contributed by atoms with van der Waals surface area (Å²) in [6, 6.07) is 8.78. The predicted molar refractivity (Wildman–Crippen MR) is 133 cm³/mol. The molecule has 1 amide bonds. The van der Waals surface area contributed by atoms with E-state index in [1.165, 1.54) is 6.92 Å². The molecule has 4 rings (SSSR count). The van der Waals surface area contributed by atoms with Crippen molar-refractivity contribution in [2.75, 3.05) is 30.0 Å². The van der Waals surface area contributed by atoms with Crippen LogP contribution in [0.25, 0.3) is 11.2 Å². The van der Waals surface area contributed by atoms with Gasteiger partial charge in [0.1, 0.15) is 0 Å². The van der Waals surface area contributed by atoms with Gasteiger partial charge in [-0.2, -0.15) is 9.97 Å². The van der Waals surface area contributed by atoms with E-state index in [2.05, 4.69) is 58.3 Å². The van der Waals surface area contributed by atoms with E-state index in [0.717, 1.165) is 48.2 Å². The fourth-order valence-corrected chi connectivity index (χ4v) is 4.38. The standard InChI is InChI=1S/C24H34N8O/c1-15(2)32-14-25-21-22(27-19-8-6-7-18(13-19)26-16(3)33)29-24(30-23(21)32)28-17-9-11-20(12-10-17)31(4)5/h6-8,13-15,17,20H,9-12H2,1-5H3,(H,26,33)(H2,27,28,29,30). The Hall–Kier alpha value is -3.20. The number of hydrogen-bond acceptors (Lipinski definition) is 7. The first-order valence-electron chi connectivity index (χ1n) is 11.6. The fraction of sp³-hybridized carbons (Fsp3) is 0.500. The van der Waals surface area contributed by atoms with Crippen LogP contribution in [0.1, 0.15) is 52.5 Å². The number of carbonyl (C=O) groups is 1. The summed E-state index contributed by atoms with van der Waals surface area (Å²) < 4.78 is 2.06. The summed E-state index contributed by atoms with van der Waals surface area (Å²) in [5, 5.41) is 9.78. The number of rotatable bonds is 7. The van der Waals surface area contributed by atoms with Crippen LogP contribution < -0.4 is 16.0 Å². The van der Waals surface area contributed by atoms with Crippen LogP contribution in [0.5, 0.6) is 0 Å². The first-order chi connectivity index (χ1) is 15.8. The van der Waals surface area contributed by atoms with Gasteiger partial charge in [0.2, 0.25) is 11.9 Å². The number of aromatic nitrogens is 4. The van der Waals surface area contributed by atoms with Gasteiger partial charge in [0.25, 0.3) is 0 Å². The van der Waals surface area contributed by atoms with Crippen LogP contribution >= 0.6 is 0 Å². The summed E-state index contributed by atoms with van der Waals surface area (Å²) in [5.41, 5.74) is 3.06. The molecule has 0 bridgehead atoms. The minimum absolute atomic E-state index is 0.109. The quantitative estimate of drug-likeness (QED) is 0.491. The van der Waals surface area contributed by atoms with Crippen LogP contribution in [0.15, 0.2) is 30.6 Å². The summed E-state index contributed by atoms with van der Waals surface area (Å²) in [4.78, 5) is 28.0. The molecule has 9 heteroatoms. The van der Waals surface area contributed by atoms with Gasteiger partial charge in [-0.05, 0) is 71.8 Å². The van der Waals surface area contributed by atoms with Gasteiger partial charge in [-0.25, -0.2) is 4.98 Å². The van der Waals surface area contributed by atoms with E-state index in [-0.39, 0.29) is 11.9 Å². The van der Waals surface area contributed by atoms with E-state index in [9.17, 15) is 4.79 Å². The average molecular weight is 451 g/mol. The number of amides is 1. The van der Waals surface area contributed by atoms with Crippen molar-refractivity contribution in [2.24, 2.45) is 0 Å². The van der Waals surface area contributed by atoms with Crippen LogP contribution in [-0.2, 0) is 4.79 Å². The Balaban J connectivity index is 1.62. The molecule has 0 aliphatic heterocycles. The smallest absolute Gasteiger partial charge is 0.227 e. The first kappa shape index (κ1) is 23.0. The Morgan fingerprint density at radius 1 is 1.12 bits per heavy atom. The third-order valence-electron chi connectivity index (χ3n) is 6.18. The summed E-state index contributed by atoms with van der Waals surface area (Å²) in [6.45, 7) is 5.72. The molecule has 2 aromatic heterocycles. The van der Waals surface area contributed by atoms with E-state index < -0.39 is 0 Å². The molecular weight excluding hydrogens is 416 g/mol. The fourth-order valence-electron chi connectivity index (χ4n) is 4.38. The number of hydrogen-bond donors (Lipinski definition) is 3. The highest BCUT2D eigenvalue weighted by Gasteiger charge is 2.24. The van der Waals surface area contributed by atoms with Crippen LogP contribution in [0.2, 0.25) is 0 Å². The summed E-state index contributed by atoms with van der Waals surface area (Å²) in [5.74, 6) is 1.14. The number of nitrogens with zero attached hydrogens (tertiary/aromatic N) is 5. The second-order valence-corrected chi connectivity index (χ2v) is 9.31. The maximum absolute atomic E-state index is 11.4. The van der Waals surface area contributed by atoms with Crippen molar-refractivity contribution in [1.82, 2.24) is 24.4 Å². The van der Waals surface area contributed by atoms with E-state index in [1.54, 1.807) is 0 Å². The molecule has 1 aromatic carbocycles. The Bertz CT molecular complexity index is 1110. The zero-order valence-corrected chi connectivity index (χ0v) is 20.1. The maximum Gasteiger partial charge on any atom is 0.227 e. The van der Waals surface area contributed by atoms with Crippen molar-refractivity contribution in [3.05, 3.63) is 30.6 Å². The van der Waals surface area contributed by atoms with Crippen molar-refractivity contribution in [3.63, 3.8) is 0 Å². The van der Waals surface area contributed by atoms with Gasteiger partial charge >= 0.3 is 0 Å². The van der Waals surface area contributed by atoms with Gasteiger partial charge in [-0.1, -0.05) is 6.07 Å². The van der Waals surface area contributed by atoms with Crippen LogP contribution in [-0.4, -0.2) is 56.5 Å². The monoisotopic (exact) mass is 450 g/mol. The molecule has 9 nitrogen and oxygen atoms in total. The molecule has 3 aromatic rings. The lowest BCUT2D eigenvalue weighted by molar-refractivity contribution is -0.114. The minimum atomic E-state index is -0.109. The molecule has 1 aliphatic carbocycles. The number of nitrogens with one attached hydrogen (secondary N) is 3. The van der Waals surface area contributed by atoms with Crippen molar-refractivity contribution in [1.29, 1.82) is 0 Å². The Morgan fingerprint density at radius 2 is 1.85 bits per heavy atom. The normalized spacial score (nSPS) is 18.6. The Morgan fingerprint density at radius 3 is 2.52 bits per heavy atom. The van der Waals surface area contributed by atoms with Gasteiger partial charge in [0, 0.05) is 36.4 Å². The number of fused-ring (bicyclic) bond motifs is 1. The molecule has 3 N–H and O–H groups in total. The third kappa shape index (κ3) is 5.42. The second kappa shape index (κ2) is 9.74. The predicted octanol–water partition coefficient (Wildman–Crippen LogP) is 4.39. The van der Waals surface area contributed by atoms with Gasteiger partial charge < -0.3 is 25.4 Å². The molecule has 176 valence electrons. The number of benzene rings is 1. The van der Waals surface area contributed by atoms with Crippen LogP contribution in [0, 0.1) is 0 Å². The average Bonchev–Trinajstić information content (AvgIpc) is 3.18. The topological polar surface area (TPSA) is 100 Å². The highest BCUT2D eigenvalue weighted by molar-refractivity contribution is 5.90. The minimum Gasteiger partial charge on any atom is -0.351 e. The molecule has 0 spiro atoms. The molecule has 0 atom stereocenters. The number of anilines is 4. The van der Waals surface area contributed by atoms with Crippen molar-refractivity contribution >= 4 is 40.2 Å². The van der Waals surface area contributed by atoms with Crippen molar-refractivity contribution in [3.8, 4) is 0 Å².